The van der Waals surface area contributed by atoms with Gasteiger partial charge in [0.1, 0.15) is 0 Å². The zero-order valence-electron chi connectivity index (χ0n) is 16.3. The smallest absolute Gasteiger partial charge is 0.234 e. The van der Waals surface area contributed by atoms with E-state index in [0.717, 1.165) is 11.4 Å². The molecule has 2 heterocycles. The highest BCUT2D eigenvalue weighted by atomic mass is 32.2. The van der Waals surface area contributed by atoms with E-state index in [2.05, 4.69) is 25.8 Å². The molecule has 150 valence electrons. The Balaban J connectivity index is 1.58. The Morgan fingerprint density at radius 2 is 1.69 bits per heavy atom. The van der Waals surface area contributed by atoms with E-state index in [4.69, 9.17) is 0 Å². The summed E-state index contributed by atoms with van der Waals surface area (Å²) >= 11 is 1.33. The number of hydrogen-bond donors (Lipinski definition) is 2. The fourth-order valence-electron chi connectivity index (χ4n) is 2.60. The maximum Gasteiger partial charge on any atom is 0.234 e. The number of anilines is 2. The summed E-state index contributed by atoms with van der Waals surface area (Å²) in [5, 5.41) is 14.8. The zero-order chi connectivity index (χ0) is 20.6. The molecule has 9 heteroatoms. The first-order valence-electron chi connectivity index (χ1n) is 9.26. The summed E-state index contributed by atoms with van der Waals surface area (Å²) in [5.74, 6) is 0.741. The van der Waals surface area contributed by atoms with Crippen molar-refractivity contribution in [3.8, 4) is 11.4 Å². The molecule has 0 spiro atoms. The average Bonchev–Trinajstić information content (AvgIpc) is 3.17. The second-order valence-electron chi connectivity index (χ2n) is 6.11. The molecule has 0 aliphatic rings. The summed E-state index contributed by atoms with van der Waals surface area (Å²) in [7, 11) is 0. The van der Waals surface area contributed by atoms with Gasteiger partial charge in [-0.2, -0.15) is 0 Å². The fourth-order valence-corrected chi connectivity index (χ4v) is 3.40. The van der Waals surface area contributed by atoms with Gasteiger partial charge in [-0.25, -0.2) is 0 Å². The number of aromatic nitrogens is 4. The Morgan fingerprint density at radius 3 is 2.28 bits per heavy atom. The summed E-state index contributed by atoms with van der Waals surface area (Å²) in [6, 6.07) is 10.8. The molecule has 1 aromatic carbocycles. The van der Waals surface area contributed by atoms with E-state index in [1.165, 1.54) is 11.8 Å². The van der Waals surface area contributed by atoms with Crippen LogP contribution >= 0.6 is 11.8 Å². The number of rotatable bonds is 8. The molecule has 0 saturated carbocycles. The summed E-state index contributed by atoms with van der Waals surface area (Å²) in [6.45, 7) is 4.49. The molecular weight excluding hydrogens is 388 g/mol. The van der Waals surface area contributed by atoms with E-state index in [1.807, 2.05) is 23.6 Å². The van der Waals surface area contributed by atoms with E-state index in [1.54, 1.807) is 43.6 Å². The molecule has 0 unspecified atom stereocenters. The highest BCUT2D eigenvalue weighted by Gasteiger charge is 2.14. The van der Waals surface area contributed by atoms with Gasteiger partial charge >= 0.3 is 0 Å². The summed E-state index contributed by atoms with van der Waals surface area (Å²) in [5.41, 5.74) is 2.25. The van der Waals surface area contributed by atoms with E-state index in [9.17, 15) is 9.59 Å². The lowest BCUT2D eigenvalue weighted by Crippen LogP contribution is -2.15. The monoisotopic (exact) mass is 410 g/mol. The van der Waals surface area contributed by atoms with Crippen LogP contribution in [0.4, 0.5) is 11.4 Å². The second-order valence-corrected chi connectivity index (χ2v) is 7.05. The Morgan fingerprint density at radius 1 is 1.00 bits per heavy atom. The number of benzene rings is 1. The third kappa shape index (κ3) is 5.41. The Bertz CT molecular complexity index is 972. The van der Waals surface area contributed by atoms with Crippen molar-refractivity contribution in [1.29, 1.82) is 0 Å². The van der Waals surface area contributed by atoms with Crippen LogP contribution in [0.5, 0.6) is 0 Å². The van der Waals surface area contributed by atoms with Gasteiger partial charge in [0.15, 0.2) is 11.0 Å². The first kappa shape index (κ1) is 20.5. The second kappa shape index (κ2) is 9.83. The minimum absolute atomic E-state index is 0.0520. The predicted octanol–water partition coefficient (Wildman–Crippen LogP) is 3.44. The van der Waals surface area contributed by atoms with Crippen molar-refractivity contribution in [3.05, 3.63) is 48.8 Å². The molecule has 0 bridgehead atoms. The van der Waals surface area contributed by atoms with Crippen molar-refractivity contribution in [2.75, 3.05) is 16.4 Å². The summed E-state index contributed by atoms with van der Waals surface area (Å²) in [6.07, 6.45) is 3.87. The summed E-state index contributed by atoms with van der Waals surface area (Å²) in [4.78, 5) is 27.8. The Kier molecular flexibility index (Phi) is 6.96. The van der Waals surface area contributed by atoms with Gasteiger partial charge in [0, 0.05) is 42.3 Å². The van der Waals surface area contributed by atoms with E-state index in [0.29, 0.717) is 29.5 Å². The third-order valence-corrected chi connectivity index (χ3v) is 5.03. The highest BCUT2D eigenvalue weighted by Crippen LogP contribution is 2.23. The van der Waals surface area contributed by atoms with Gasteiger partial charge in [-0.3, -0.25) is 14.6 Å². The van der Waals surface area contributed by atoms with Crippen molar-refractivity contribution in [2.24, 2.45) is 0 Å². The van der Waals surface area contributed by atoms with Gasteiger partial charge in [-0.15, -0.1) is 10.2 Å². The van der Waals surface area contributed by atoms with Gasteiger partial charge in [0.25, 0.3) is 0 Å². The van der Waals surface area contributed by atoms with Crippen LogP contribution in [0.25, 0.3) is 11.4 Å². The van der Waals surface area contributed by atoms with Crippen LogP contribution in [0.3, 0.4) is 0 Å². The lowest BCUT2D eigenvalue weighted by atomic mass is 10.2. The normalized spacial score (nSPS) is 10.6. The van der Waals surface area contributed by atoms with E-state index < -0.39 is 0 Å². The molecule has 0 radical (unpaired) electrons. The molecule has 3 rings (SSSR count). The molecule has 0 aliphatic heterocycles. The Labute approximate surface area is 173 Å². The largest absolute Gasteiger partial charge is 0.326 e. The quantitative estimate of drug-likeness (QED) is 0.552. The van der Waals surface area contributed by atoms with Crippen LogP contribution < -0.4 is 10.6 Å². The number of amides is 2. The third-order valence-electron chi connectivity index (χ3n) is 4.06. The van der Waals surface area contributed by atoms with Crippen LogP contribution in [-0.4, -0.2) is 37.3 Å². The minimum atomic E-state index is -0.145. The molecule has 8 nitrogen and oxygen atoms in total. The topological polar surface area (TPSA) is 102 Å². The van der Waals surface area contributed by atoms with E-state index >= 15 is 0 Å². The first-order valence-corrected chi connectivity index (χ1v) is 10.3. The SMILES string of the molecule is CCC(=O)Nc1ccc(NC(=O)CSc2nnc(-c3cccnc3)n2CC)cc1. The van der Waals surface area contributed by atoms with Crippen molar-refractivity contribution in [2.45, 2.75) is 32.0 Å². The van der Waals surface area contributed by atoms with Crippen molar-refractivity contribution in [3.63, 3.8) is 0 Å². The highest BCUT2D eigenvalue weighted by molar-refractivity contribution is 7.99. The number of nitrogens with zero attached hydrogens (tertiary/aromatic N) is 4. The molecule has 0 atom stereocenters. The maximum atomic E-state index is 12.3. The van der Waals surface area contributed by atoms with Crippen LogP contribution in [0.15, 0.2) is 53.9 Å². The molecule has 0 aliphatic carbocycles. The molecule has 2 N–H and O–H groups in total. The van der Waals surface area contributed by atoms with Gasteiger partial charge in [0.05, 0.1) is 5.75 Å². The molecular formula is C20H22N6O2S. The fraction of sp³-hybridized carbons (Fsp3) is 0.250. The molecule has 0 fully saturated rings. The lowest BCUT2D eigenvalue weighted by Gasteiger charge is -2.08. The number of hydrogen-bond acceptors (Lipinski definition) is 6. The van der Waals surface area contributed by atoms with Crippen LogP contribution in [-0.2, 0) is 16.1 Å². The molecule has 2 aromatic heterocycles. The van der Waals surface area contributed by atoms with Gasteiger partial charge in [-0.05, 0) is 43.3 Å². The van der Waals surface area contributed by atoms with Crippen LogP contribution in [0.1, 0.15) is 20.3 Å². The Hall–Kier alpha value is -3.20. The number of carbonyl (C=O) groups excluding carboxylic acids is 2. The molecule has 29 heavy (non-hydrogen) atoms. The summed E-state index contributed by atoms with van der Waals surface area (Å²) < 4.78 is 1.96. The number of carbonyl (C=O) groups is 2. The van der Waals surface area contributed by atoms with Crippen molar-refractivity contribution in [1.82, 2.24) is 19.7 Å². The minimum Gasteiger partial charge on any atom is -0.326 e. The zero-order valence-corrected chi connectivity index (χ0v) is 17.1. The van der Waals surface area contributed by atoms with Gasteiger partial charge in [0.2, 0.25) is 11.8 Å². The maximum absolute atomic E-state index is 12.3. The van der Waals surface area contributed by atoms with Gasteiger partial charge < -0.3 is 15.2 Å². The lowest BCUT2D eigenvalue weighted by molar-refractivity contribution is -0.116. The van der Waals surface area contributed by atoms with E-state index in [-0.39, 0.29) is 17.6 Å². The number of nitrogens with one attached hydrogen (secondary N) is 2. The molecule has 3 aromatic rings. The van der Waals surface area contributed by atoms with Gasteiger partial charge in [-0.1, -0.05) is 18.7 Å². The number of thioether (sulfide) groups is 1. The standard InChI is InChI=1S/C20H22N6O2S/c1-3-17(27)22-15-7-9-16(10-8-15)23-18(28)13-29-20-25-24-19(26(20)4-2)14-6-5-11-21-12-14/h5-12H,3-4,13H2,1-2H3,(H,22,27)(H,23,28). The average molecular weight is 411 g/mol. The first-order chi connectivity index (χ1) is 14.1. The number of pyridine rings is 1. The predicted molar refractivity (Wildman–Crippen MR) is 114 cm³/mol. The van der Waals surface area contributed by atoms with Crippen molar-refractivity contribution < 1.29 is 9.59 Å². The van der Waals surface area contributed by atoms with Crippen molar-refractivity contribution >= 4 is 35.0 Å². The van der Waals surface area contributed by atoms with Crippen LogP contribution in [0, 0.1) is 0 Å². The molecule has 2 amide bonds. The van der Waals surface area contributed by atoms with Crippen LogP contribution in [0.2, 0.25) is 0 Å². The molecule has 0 saturated heterocycles.